The Bertz CT molecular complexity index is 591. The molecule has 1 saturated heterocycles. The first-order valence-electron chi connectivity index (χ1n) is 9.59. The van der Waals surface area contributed by atoms with Crippen molar-refractivity contribution in [2.45, 2.75) is 51.6 Å². The molecule has 3 rings (SSSR count). The predicted octanol–water partition coefficient (Wildman–Crippen LogP) is 3.89. The Labute approximate surface area is 150 Å². The first-order chi connectivity index (χ1) is 12.2. The van der Waals surface area contributed by atoms with Gasteiger partial charge in [0.25, 0.3) is 0 Å². The van der Waals surface area contributed by atoms with Crippen LogP contribution >= 0.6 is 0 Å². The van der Waals surface area contributed by atoms with Crippen LogP contribution in [0.15, 0.2) is 24.3 Å². The largest absolute Gasteiger partial charge is 0.376 e. The zero-order chi connectivity index (χ0) is 17.5. The van der Waals surface area contributed by atoms with E-state index >= 15 is 0 Å². The fourth-order valence-electron chi connectivity index (χ4n) is 3.96. The molecule has 134 valence electrons. The van der Waals surface area contributed by atoms with Crippen molar-refractivity contribution in [3.05, 3.63) is 35.4 Å². The number of hydrogen-bond donors (Lipinski definition) is 0. The molecule has 2 fully saturated rings. The highest BCUT2D eigenvalue weighted by molar-refractivity contribution is 5.76. The summed E-state index contributed by atoms with van der Waals surface area (Å²) in [6.07, 6.45) is 7.94. The Kier molecular flexibility index (Phi) is 6.47. The van der Waals surface area contributed by atoms with Gasteiger partial charge in [0.05, 0.1) is 18.2 Å². The zero-order valence-electron chi connectivity index (χ0n) is 15.0. The minimum absolute atomic E-state index is 0.365. The average Bonchev–Trinajstić information content (AvgIpc) is 3.16. The zero-order valence-corrected chi connectivity index (χ0v) is 15.0. The molecule has 25 heavy (non-hydrogen) atoms. The predicted molar refractivity (Wildman–Crippen MR) is 96.7 cm³/mol. The highest BCUT2D eigenvalue weighted by Crippen LogP contribution is 2.29. The van der Waals surface area contributed by atoms with E-state index in [-0.39, 0.29) is 0 Å². The van der Waals surface area contributed by atoms with Crippen LogP contribution in [0.25, 0.3) is 0 Å². The number of piperidine rings is 1. The highest BCUT2D eigenvalue weighted by Gasteiger charge is 2.26. The number of hydrogen-bond acceptors (Lipinski definition) is 3. The van der Waals surface area contributed by atoms with E-state index in [1.165, 1.54) is 25.7 Å². The van der Waals surface area contributed by atoms with Gasteiger partial charge in [-0.3, -0.25) is 4.79 Å². The number of carbonyl (C=O) groups excluding carboxylic acids is 1. The normalized spacial score (nSPS) is 19.1. The van der Waals surface area contributed by atoms with Gasteiger partial charge in [0.15, 0.2) is 0 Å². The number of rotatable bonds is 6. The standard InChI is InChI=1S/C21H28N2O2/c22-14-18-5-7-19(8-6-18)15-25-16-20-9-11-23(12-10-20)21(24)13-17-3-1-2-4-17/h5-8,17,20H,1-4,9-13,15-16H2. The van der Waals surface area contributed by atoms with E-state index in [4.69, 9.17) is 10.00 Å². The Morgan fingerprint density at radius 3 is 2.40 bits per heavy atom. The van der Waals surface area contributed by atoms with E-state index in [1.54, 1.807) is 0 Å². The summed E-state index contributed by atoms with van der Waals surface area (Å²) in [6, 6.07) is 9.67. The van der Waals surface area contributed by atoms with Crippen LogP contribution in [0, 0.1) is 23.2 Å². The van der Waals surface area contributed by atoms with Gasteiger partial charge in [-0.05, 0) is 55.2 Å². The van der Waals surface area contributed by atoms with Gasteiger partial charge in [0.1, 0.15) is 0 Å². The molecule has 0 radical (unpaired) electrons. The molecule has 0 bridgehead atoms. The summed E-state index contributed by atoms with van der Waals surface area (Å²) in [5, 5.41) is 8.81. The maximum atomic E-state index is 12.4. The Morgan fingerprint density at radius 2 is 1.76 bits per heavy atom. The molecule has 1 aromatic carbocycles. The topological polar surface area (TPSA) is 53.3 Å². The van der Waals surface area contributed by atoms with Gasteiger partial charge in [-0.15, -0.1) is 0 Å². The quantitative estimate of drug-likeness (QED) is 0.789. The molecule has 4 heteroatoms. The number of nitriles is 1. The van der Waals surface area contributed by atoms with Crippen molar-refractivity contribution in [2.24, 2.45) is 11.8 Å². The van der Waals surface area contributed by atoms with Gasteiger partial charge < -0.3 is 9.64 Å². The molecule has 0 unspecified atom stereocenters. The van der Waals surface area contributed by atoms with Gasteiger partial charge in [-0.25, -0.2) is 0 Å². The van der Waals surface area contributed by atoms with Crippen LogP contribution in [0.1, 0.15) is 56.1 Å². The lowest BCUT2D eigenvalue weighted by molar-refractivity contribution is -0.133. The molecule has 1 amide bonds. The number of nitrogens with zero attached hydrogens (tertiary/aromatic N) is 2. The fourth-order valence-corrected chi connectivity index (χ4v) is 3.96. The molecule has 0 aromatic heterocycles. The first-order valence-corrected chi connectivity index (χ1v) is 9.59. The number of likely N-dealkylation sites (tertiary alicyclic amines) is 1. The summed E-state index contributed by atoms with van der Waals surface area (Å²) in [5.74, 6) is 1.55. The van der Waals surface area contributed by atoms with Crippen molar-refractivity contribution in [1.29, 1.82) is 5.26 Å². The third-order valence-electron chi connectivity index (χ3n) is 5.61. The number of amides is 1. The monoisotopic (exact) mass is 340 g/mol. The lowest BCUT2D eigenvalue weighted by atomic mass is 9.96. The Hall–Kier alpha value is -1.86. The average molecular weight is 340 g/mol. The van der Waals surface area contributed by atoms with Crippen LogP contribution in [0.3, 0.4) is 0 Å². The maximum absolute atomic E-state index is 12.4. The van der Waals surface area contributed by atoms with Crippen molar-refractivity contribution < 1.29 is 9.53 Å². The fraction of sp³-hybridized carbons (Fsp3) is 0.619. The van der Waals surface area contributed by atoms with Gasteiger partial charge in [-0.1, -0.05) is 25.0 Å². The Morgan fingerprint density at radius 1 is 1.08 bits per heavy atom. The van der Waals surface area contributed by atoms with E-state index in [0.717, 1.165) is 44.5 Å². The summed E-state index contributed by atoms with van der Waals surface area (Å²) < 4.78 is 5.85. The van der Waals surface area contributed by atoms with Crippen molar-refractivity contribution in [3.63, 3.8) is 0 Å². The second kappa shape index (κ2) is 9.01. The van der Waals surface area contributed by atoms with Crippen molar-refractivity contribution >= 4 is 5.91 Å². The maximum Gasteiger partial charge on any atom is 0.222 e. The van der Waals surface area contributed by atoms with Crippen LogP contribution < -0.4 is 0 Å². The third-order valence-corrected chi connectivity index (χ3v) is 5.61. The van der Waals surface area contributed by atoms with E-state index in [9.17, 15) is 4.79 Å². The molecule has 1 aliphatic heterocycles. The van der Waals surface area contributed by atoms with E-state index < -0.39 is 0 Å². The smallest absolute Gasteiger partial charge is 0.222 e. The van der Waals surface area contributed by atoms with E-state index in [0.29, 0.717) is 29.9 Å². The summed E-state index contributed by atoms with van der Waals surface area (Å²) in [5.41, 5.74) is 1.78. The molecule has 1 aromatic rings. The van der Waals surface area contributed by atoms with Gasteiger partial charge in [0.2, 0.25) is 5.91 Å². The number of carbonyl (C=O) groups is 1. The highest BCUT2D eigenvalue weighted by atomic mass is 16.5. The second-order valence-electron chi connectivity index (χ2n) is 7.50. The third kappa shape index (κ3) is 5.31. The minimum atomic E-state index is 0.365. The summed E-state index contributed by atoms with van der Waals surface area (Å²) in [7, 11) is 0. The molecular weight excluding hydrogens is 312 g/mol. The molecule has 0 spiro atoms. The molecule has 0 N–H and O–H groups in total. The van der Waals surface area contributed by atoms with Crippen LogP contribution in [-0.4, -0.2) is 30.5 Å². The molecule has 2 aliphatic rings. The number of ether oxygens (including phenoxy) is 1. The first kappa shape index (κ1) is 17.9. The Balaban J connectivity index is 1.33. The van der Waals surface area contributed by atoms with Crippen molar-refractivity contribution in [2.75, 3.05) is 19.7 Å². The SMILES string of the molecule is N#Cc1ccc(COCC2CCN(C(=O)CC3CCCC3)CC2)cc1. The van der Waals surface area contributed by atoms with E-state index in [1.807, 2.05) is 24.3 Å². The van der Waals surface area contributed by atoms with E-state index in [2.05, 4.69) is 11.0 Å². The van der Waals surface area contributed by atoms with Crippen molar-refractivity contribution in [1.82, 2.24) is 4.90 Å². The minimum Gasteiger partial charge on any atom is -0.376 e. The van der Waals surface area contributed by atoms with Gasteiger partial charge in [-0.2, -0.15) is 5.26 Å². The second-order valence-corrected chi connectivity index (χ2v) is 7.50. The molecule has 0 atom stereocenters. The van der Waals surface area contributed by atoms with Gasteiger partial charge >= 0.3 is 0 Å². The van der Waals surface area contributed by atoms with Crippen molar-refractivity contribution in [3.8, 4) is 6.07 Å². The van der Waals surface area contributed by atoms with Crippen LogP contribution in [0.4, 0.5) is 0 Å². The van der Waals surface area contributed by atoms with Crippen LogP contribution in [0.5, 0.6) is 0 Å². The molecule has 1 saturated carbocycles. The molecule has 4 nitrogen and oxygen atoms in total. The summed E-state index contributed by atoms with van der Waals surface area (Å²) in [6.45, 7) is 3.12. The summed E-state index contributed by atoms with van der Waals surface area (Å²) >= 11 is 0. The molecule has 1 aliphatic carbocycles. The lowest BCUT2D eigenvalue weighted by Crippen LogP contribution is -2.40. The van der Waals surface area contributed by atoms with Gasteiger partial charge in [0, 0.05) is 26.1 Å². The molecular formula is C21H28N2O2. The molecule has 1 heterocycles. The van der Waals surface area contributed by atoms with Crippen LogP contribution in [-0.2, 0) is 16.1 Å². The lowest BCUT2D eigenvalue weighted by Gasteiger charge is -2.32. The van der Waals surface area contributed by atoms with Crippen LogP contribution in [0.2, 0.25) is 0 Å². The number of benzene rings is 1. The summed E-state index contributed by atoms with van der Waals surface area (Å²) in [4.78, 5) is 14.4.